The van der Waals surface area contributed by atoms with Crippen molar-refractivity contribution in [1.82, 2.24) is 0 Å². The van der Waals surface area contributed by atoms with Gasteiger partial charge in [-0.25, -0.2) is 4.79 Å². The molecular formula is C13H9BrClNO4. The van der Waals surface area contributed by atoms with Crippen LogP contribution in [0, 0.1) is 0 Å². The Labute approximate surface area is 128 Å². The van der Waals surface area contributed by atoms with Gasteiger partial charge in [-0.2, -0.15) is 0 Å². The molecule has 1 aromatic carbocycles. The van der Waals surface area contributed by atoms with Crippen LogP contribution in [-0.2, 0) is 4.74 Å². The van der Waals surface area contributed by atoms with Gasteiger partial charge < -0.3 is 14.5 Å². The Bertz CT molecular complexity index is 668. The van der Waals surface area contributed by atoms with Gasteiger partial charge >= 0.3 is 5.97 Å². The predicted octanol–water partition coefficient (Wildman–Crippen LogP) is 3.73. The van der Waals surface area contributed by atoms with Crippen LogP contribution in [0.2, 0.25) is 5.02 Å². The number of hydrogen-bond acceptors (Lipinski definition) is 4. The van der Waals surface area contributed by atoms with Crippen molar-refractivity contribution in [3.63, 3.8) is 0 Å². The van der Waals surface area contributed by atoms with E-state index in [2.05, 4.69) is 26.0 Å². The maximum Gasteiger partial charge on any atom is 0.339 e. The average molecular weight is 359 g/mol. The van der Waals surface area contributed by atoms with Crippen molar-refractivity contribution in [2.24, 2.45) is 0 Å². The van der Waals surface area contributed by atoms with E-state index in [-0.39, 0.29) is 11.3 Å². The van der Waals surface area contributed by atoms with E-state index in [0.717, 1.165) is 0 Å². The number of ether oxygens (including phenoxy) is 1. The SMILES string of the molecule is COC(=O)c1ccc(Cl)cc1NC(=O)c1ccoc1Br. The van der Waals surface area contributed by atoms with Crippen LogP contribution in [0.25, 0.3) is 0 Å². The molecule has 7 heteroatoms. The molecule has 5 nitrogen and oxygen atoms in total. The maximum absolute atomic E-state index is 12.1. The summed E-state index contributed by atoms with van der Waals surface area (Å²) in [6, 6.07) is 5.99. The van der Waals surface area contributed by atoms with E-state index in [1.807, 2.05) is 0 Å². The second-order valence-corrected chi connectivity index (χ2v) is 4.90. The van der Waals surface area contributed by atoms with Crippen molar-refractivity contribution in [3.8, 4) is 0 Å². The van der Waals surface area contributed by atoms with E-state index in [0.29, 0.717) is 15.3 Å². The summed E-state index contributed by atoms with van der Waals surface area (Å²) in [4.78, 5) is 23.7. The quantitative estimate of drug-likeness (QED) is 0.849. The van der Waals surface area contributed by atoms with Crippen molar-refractivity contribution in [3.05, 3.63) is 51.3 Å². The summed E-state index contributed by atoms with van der Waals surface area (Å²) in [5.41, 5.74) is 0.785. The van der Waals surface area contributed by atoms with E-state index >= 15 is 0 Å². The molecule has 1 heterocycles. The lowest BCUT2D eigenvalue weighted by molar-refractivity contribution is 0.0602. The van der Waals surface area contributed by atoms with E-state index < -0.39 is 11.9 Å². The average Bonchev–Trinajstić information content (AvgIpc) is 2.84. The Hall–Kier alpha value is -1.79. The second-order valence-electron chi connectivity index (χ2n) is 3.74. The third-order valence-electron chi connectivity index (χ3n) is 2.50. The first-order valence-electron chi connectivity index (χ1n) is 5.45. The van der Waals surface area contributed by atoms with Crippen molar-refractivity contribution >= 4 is 45.1 Å². The van der Waals surface area contributed by atoms with Gasteiger partial charge in [0.2, 0.25) is 0 Å². The highest BCUT2D eigenvalue weighted by Crippen LogP contribution is 2.24. The molecular weight excluding hydrogens is 350 g/mol. The number of carbonyl (C=O) groups excluding carboxylic acids is 2. The molecule has 1 aromatic heterocycles. The summed E-state index contributed by atoms with van der Waals surface area (Å²) in [6.07, 6.45) is 1.37. The summed E-state index contributed by atoms with van der Waals surface area (Å²) in [6.45, 7) is 0. The Morgan fingerprint density at radius 2 is 2.05 bits per heavy atom. The smallest absolute Gasteiger partial charge is 0.339 e. The van der Waals surface area contributed by atoms with Crippen molar-refractivity contribution in [2.75, 3.05) is 12.4 Å². The zero-order chi connectivity index (χ0) is 14.7. The molecule has 0 aliphatic rings. The van der Waals surface area contributed by atoms with Crippen LogP contribution in [0.15, 0.2) is 39.6 Å². The van der Waals surface area contributed by atoms with Gasteiger partial charge in [0.15, 0.2) is 4.67 Å². The summed E-state index contributed by atoms with van der Waals surface area (Å²) in [5.74, 6) is -0.999. The molecule has 0 spiro atoms. The number of benzene rings is 1. The van der Waals surface area contributed by atoms with Gasteiger partial charge in [0, 0.05) is 5.02 Å². The van der Waals surface area contributed by atoms with Gasteiger partial charge in [-0.05, 0) is 40.2 Å². The fourth-order valence-electron chi connectivity index (χ4n) is 1.55. The van der Waals surface area contributed by atoms with Gasteiger partial charge in [-0.1, -0.05) is 11.6 Å². The summed E-state index contributed by atoms with van der Waals surface area (Å²) < 4.78 is 9.94. The molecule has 0 unspecified atom stereocenters. The van der Waals surface area contributed by atoms with Gasteiger partial charge in [-0.3, -0.25) is 4.79 Å². The molecule has 0 atom stereocenters. The lowest BCUT2D eigenvalue weighted by atomic mass is 10.1. The number of carbonyl (C=O) groups is 2. The van der Waals surface area contributed by atoms with Gasteiger partial charge in [0.05, 0.1) is 30.2 Å². The standard InChI is InChI=1S/C13H9BrClNO4/c1-19-13(18)8-3-2-7(15)6-10(8)16-12(17)9-4-5-20-11(9)14/h2-6H,1H3,(H,16,17). The number of hydrogen-bond donors (Lipinski definition) is 1. The summed E-state index contributed by atoms with van der Waals surface area (Å²) >= 11 is 8.98. The van der Waals surface area contributed by atoms with Crippen LogP contribution in [0.1, 0.15) is 20.7 Å². The third kappa shape index (κ3) is 3.02. The van der Waals surface area contributed by atoms with Gasteiger partial charge in [-0.15, -0.1) is 0 Å². The topological polar surface area (TPSA) is 68.5 Å². The van der Waals surface area contributed by atoms with Crippen molar-refractivity contribution in [1.29, 1.82) is 0 Å². The number of methoxy groups -OCH3 is 1. The minimum atomic E-state index is -0.566. The monoisotopic (exact) mass is 357 g/mol. The normalized spacial score (nSPS) is 10.2. The van der Waals surface area contributed by atoms with E-state index in [4.69, 9.17) is 16.0 Å². The number of anilines is 1. The number of amides is 1. The largest absolute Gasteiger partial charge is 0.465 e. The zero-order valence-corrected chi connectivity index (χ0v) is 12.6. The fourth-order valence-corrected chi connectivity index (χ4v) is 2.15. The van der Waals surface area contributed by atoms with Gasteiger partial charge in [0.25, 0.3) is 5.91 Å². The van der Waals surface area contributed by atoms with Crippen LogP contribution < -0.4 is 5.32 Å². The first-order chi connectivity index (χ1) is 9.52. The van der Waals surface area contributed by atoms with E-state index in [9.17, 15) is 9.59 Å². The van der Waals surface area contributed by atoms with Crippen molar-refractivity contribution < 1.29 is 18.7 Å². The van der Waals surface area contributed by atoms with Crippen LogP contribution in [0.5, 0.6) is 0 Å². The number of furan rings is 1. The number of rotatable bonds is 3. The number of nitrogens with one attached hydrogen (secondary N) is 1. The highest BCUT2D eigenvalue weighted by atomic mass is 79.9. The van der Waals surface area contributed by atoms with Crippen LogP contribution in [-0.4, -0.2) is 19.0 Å². The second kappa shape index (κ2) is 6.11. The van der Waals surface area contributed by atoms with E-state index in [1.54, 1.807) is 0 Å². The molecule has 0 saturated heterocycles. The van der Waals surface area contributed by atoms with Crippen LogP contribution in [0.3, 0.4) is 0 Å². The lowest BCUT2D eigenvalue weighted by Crippen LogP contribution is -2.15. The Morgan fingerprint density at radius 3 is 2.65 bits per heavy atom. The van der Waals surface area contributed by atoms with Crippen molar-refractivity contribution in [2.45, 2.75) is 0 Å². The molecule has 0 aliphatic carbocycles. The minimum absolute atomic E-state index is 0.213. The highest BCUT2D eigenvalue weighted by Gasteiger charge is 2.17. The van der Waals surface area contributed by atoms with E-state index in [1.165, 1.54) is 37.6 Å². The summed E-state index contributed by atoms with van der Waals surface area (Å²) in [7, 11) is 1.26. The zero-order valence-electron chi connectivity index (χ0n) is 10.3. The molecule has 1 N–H and O–H groups in total. The number of esters is 1. The molecule has 104 valence electrons. The highest BCUT2D eigenvalue weighted by molar-refractivity contribution is 9.10. The summed E-state index contributed by atoms with van der Waals surface area (Å²) in [5, 5.41) is 2.98. The molecule has 0 aliphatic heterocycles. The predicted molar refractivity (Wildman–Crippen MR) is 77.2 cm³/mol. The minimum Gasteiger partial charge on any atom is -0.465 e. The molecule has 0 fully saturated rings. The third-order valence-corrected chi connectivity index (χ3v) is 3.35. The molecule has 0 saturated carbocycles. The lowest BCUT2D eigenvalue weighted by Gasteiger charge is -2.09. The Balaban J connectivity index is 2.33. The molecule has 0 bridgehead atoms. The van der Waals surface area contributed by atoms with Gasteiger partial charge in [0.1, 0.15) is 0 Å². The first kappa shape index (κ1) is 14.6. The molecule has 2 rings (SSSR count). The van der Waals surface area contributed by atoms with Crippen LogP contribution >= 0.6 is 27.5 Å². The molecule has 20 heavy (non-hydrogen) atoms. The molecule has 0 radical (unpaired) electrons. The molecule has 2 aromatic rings. The Morgan fingerprint density at radius 1 is 1.30 bits per heavy atom. The fraction of sp³-hybridized carbons (Fsp3) is 0.0769. The maximum atomic E-state index is 12.1. The number of halogens is 2. The van der Waals surface area contributed by atoms with Crippen LogP contribution in [0.4, 0.5) is 5.69 Å². The Kier molecular flexibility index (Phi) is 4.46. The first-order valence-corrected chi connectivity index (χ1v) is 6.62. The molecule has 1 amide bonds.